The van der Waals surface area contributed by atoms with Crippen molar-refractivity contribution in [2.45, 2.75) is 38.1 Å². The van der Waals surface area contributed by atoms with Crippen molar-refractivity contribution in [1.82, 2.24) is 0 Å². The van der Waals surface area contributed by atoms with Crippen LogP contribution in [0.15, 0.2) is 0 Å². The predicted molar refractivity (Wildman–Crippen MR) is 42.2 cm³/mol. The largest absolute Gasteiger partial charge is 0.343 e. The number of carbonyl (C=O) groups excluding carboxylic acids is 1. The zero-order valence-corrected chi connectivity index (χ0v) is 6.88. The van der Waals surface area contributed by atoms with Crippen LogP contribution in [0.25, 0.3) is 0 Å². The van der Waals surface area contributed by atoms with Gasteiger partial charge in [0.1, 0.15) is 5.78 Å². The minimum absolute atomic E-state index is 0.428. The lowest BCUT2D eigenvalue weighted by molar-refractivity contribution is -0.699. The third-order valence-corrected chi connectivity index (χ3v) is 3.09. The number of ketones is 1. The van der Waals surface area contributed by atoms with Gasteiger partial charge in [0.05, 0.1) is 24.9 Å². The number of hydrogen-bond donors (Lipinski definition) is 1. The van der Waals surface area contributed by atoms with E-state index in [-0.39, 0.29) is 0 Å². The summed E-state index contributed by atoms with van der Waals surface area (Å²) in [6, 6.07) is 0.657. The first-order valence-corrected chi connectivity index (χ1v) is 4.74. The Kier molecular flexibility index (Phi) is 1.95. The molecule has 2 rings (SSSR count). The molecular weight excluding hydrogens is 138 g/mol. The van der Waals surface area contributed by atoms with Gasteiger partial charge in [-0.3, -0.25) is 4.79 Å². The molecule has 62 valence electrons. The highest BCUT2D eigenvalue weighted by Gasteiger charge is 2.36. The first-order chi connectivity index (χ1) is 5.38. The number of carbonyl (C=O) groups is 1. The minimum atomic E-state index is 0.428. The molecule has 2 N–H and O–H groups in total. The number of rotatable bonds is 0. The first kappa shape index (κ1) is 7.29. The number of hydrogen-bond acceptors (Lipinski definition) is 1. The van der Waals surface area contributed by atoms with Gasteiger partial charge >= 0.3 is 0 Å². The summed E-state index contributed by atoms with van der Waals surface area (Å²) >= 11 is 0. The molecule has 0 bridgehead atoms. The molecule has 2 atom stereocenters. The first-order valence-electron chi connectivity index (χ1n) is 4.74. The predicted octanol–water partition coefficient (Wildman–Crippen LogP) is 0.0814. The second-order valence-electron chi connectivity index (χ2n) is 3.80. The number of quaternary nitrogens is 1. The lowest BCUT2D eigenvalue weighted by Gasteiger charge is -2.31. The third-order valence-electron chi connectivity index (χ3n) is 3.09. The van der Waals surface area contributed by atoms with E-state index in [2.05, 4.69) is 5.32 Å². The van der Waals surface area contributed by atoms with Crippen LogP contribution in [-0.2, 0) is 4.79 Å². The molecule has 11 heavy (non-hydrogen) atoms. The van der Waals surface area contributed by atoms with E-state index in [0.717, 1.165) is 13.0 Å². The van der Waals surface area contributed by atoms with Crippen molar-refractivity contribution in [3.05, 3.63) is 0 Å². The minimum Gasteiger partial charge on any atom is -0.343 e. The maximum atomic E-state index is 11.4. The van der Waals surface area contributed by atoms with Gasteiger partial charge in [-0.05, 0) is 12.8 Å². The molecule has 0 amide bonds. The molecule has 1 aliphatic carbocycles. The number of piperidine rings is 1. The summed E-state index contributed by atoms with van der Waals surface area (Å²) in [7, 11) is 0. The Morgan fingerprint density at radius 2 is 2.09 bits per heavy atom. The van der Waals surface area contributed by atoms with Crippen LogP contribution in [0.1, 0.15) is 32.1 Å². The lowest BCUT2D eigenvalue weighted by atomic mass is 9.79. The molecule has 1 heterocycles. The Morgan fingerprint density at radius 1 is 1.27 bits per heavy atom. The van der Waals surface area contributed by atoms with Crippen LogP contribution < -0.4 is 5.32 Å². The van der Waals surface area contributed by atoms with Gasteiger partial charge in [0.25, 0.3) is 0 Å². The van der Waals surface area contributed by atoms with E-state index in [1.807, 2.05) is 0 Å². The summed E-state index contributed by atoms with van der Waals surface area (Å²) in [5, 5.41) is 2.38. The molecule has 0 unspecified atom stereocenters. The van der Waals surface area contributed by atoms with Crippen LogP contribution in [-0.4, -0.2) is 18.4 Å². The molecule has 2 nitrogen and oxygen atoms in total. The van der Waals surface area contributed by atoms with Gasteiger partial charge in [0, 0.05) is 6.42 Å². The van der Waals surface area contributed by atoms with Crippen molar-refractivity contribution < 1.29 is 10.1 Å². The summed E-state index contributed by atoms with van der Waals surface area (Å²) < 4.78 is 0. The monoisotopic (exact) mass is 154 g/mol. The second kappa shape index (κ2) is 2.94. The van der Waals surface area contributed by atoms with Crippen LogP contribution in [0, 0.1) is 5.92 Å². The Bertz CT molecular complexity index is 165. The fourth-order valence-electron chi connectivity index (χ4n) is 2.47. The van der Waals surface area contributed by atoms with Crippen LogP contribution in [0.4, 0.5) is 0 Å². The zero-order valence-electron chi connectivity index (χ0n) is 6.88. The summed E-state index contributed by atoms with van der Waals surface area (Å²) in [6.45, 7) is 1.04. The molecular formula is C9H16NO+. The van der Waals surface area contributed by atoms with Crippen molar-refractivity contribution in [1.29, 1.82) is 0 Å². The number of nitrogens with two attached hydrogens (primary N) is 1. The zero-order chi connectivity index (χ0) is 7.68. The molecule has 2 heteroatoms. The van der Waals surface area contributed by atoms with Gasteiger partial charge in [-0.25, -0.2) is 0 Å². The molecule has 0 radical (unpaired) electrons. The van der Waals surface area contributed by atoms with E-state index in [9.17, 15) is 4.79 Å². The number of Topliss-reactive ketones (excluding diaryl/α,β-unsaturated/α-hetero) is 1. The van der Waals surface area contributed by atoms with Crippen molar-refractivity contribution in [2.75, 3.05) is 6.54 Å². The van der Waals surface area contributed by atoms with E-state index < -0.39 is 0 Å². The third kappa shape index (κ3) is 1.32. The molecule has 2 aliphatic rings. The van der Waals surface area contributed by atoms with Crippen LogP contribution in [0.2, 0.25) is 0 Å². The molecule has 1 saturated carbocycles. The van der Waals surface area contributed by atoms with Crippen LogP contribution in [0.5, 0.6) is 0 Å². The Balaban J connectivity index is 2.05. The summed E-state index contributed by atoms with van der Waals surface area (Å²) in [5.41, 5.74) is 0. The van der Waals surface area contributed by atoms with Crippen LogP contribution in [0.3, 0.4) is 0 Å². The highest BCUT2D eigenvalue weighted by atomic mass is 16.1. The highest BCUT2D eigenvalue weighted by molar-refractivity contribution is 5.82. The van der Waals surface area contributed by atoms with E-state index >= 15 is 0 Å². The topological polar surface area (TPSA) is 33.7 Å². The molecule has 0 aromatic carbocycles. The summed E-state index contributed by atoms with van der Waals surface area (Å²) in [6.07, 6.45) is 5.88. The Labute approximate surface area is 67.4 Å². The molecule has 1 saturated heterocycles. The second-order valence-corrected chi connectivity index (χ2v) is 3.80. The van der Waals surface area contributed by atoms with Gasteiger partial charge in [0.2, 0.25) is 0 Å². The van der Waals surface area contributed by atoms with Crippen molar-refractivity contribution in [2.24, 2.45) is 5.92 Å². The molecule has 2 fully saturated rings. The lowest BCUT2D eigenvalue weighted by Crippen LogP contribution is -2.94. The highest BCUT2D eigenvalue weighted by Crippen LogP contribution is 2.25. The molecule has 0 aromatic heterocycles. The van der Waals surface area contributed by atoms with Crippen LogP contribution >= 0.6 is 0 Å². The van der Waals surface area contributed by atoms with Crippen molar-refractivity contribution in [3.8, 4) is 0 Å². The average molecular weight is 154 g/mol. The van der Waals surface area contributed by atoms with E-state index in [1.54, 1.807) is 0 Å². The SMILES string of the molecule is O=C1CC[NH2+][C@H]2CCCC[C@H]12. The van der Waals surface area contributed by atoms with E-state index in [4.69, 9.17) is 0 Å². The maximum Gasteiger partial charge on any atom is 0.147 e. The Hall–Kier alpha value is -0.370. The quantitative estimate of drug-likeness (QED) is 0.527. The van der Waals surface area contributed by atoms with E-state index in [0.29, 0.717) is 17.7 Å². The van der Waals surface area contributed by atoms with Gasteiger partial charge in [-0.2, -0.15) is 0 Å². The standard InChI is InChI=1S/C9H15NO/c11-9-5-6-10-8-4-2-1-3-7(8)9/h7-8,10H,1-6H2/p+1/t7-,8-/m0/s1. The average Bonchev–Trinajstić information content (AvgIpc) is 2.06. The summed E-state index contributed by atoms with van der Waals surface area (Å²) in [5.74, 6) is 0.967. The normalized spacial score (nSPS) is 38.4. The van der Waals surface area contributed by atoms with E-state index in [1.165, 1.54) is 25.7 Å². The Morgan fingerprint density at radius 3 is 2.91 bits per heavy atom. The summed E-state index contributed by atoms with van der Waals surface area (Å²) in [4.78, 5) is 11.4. The molecule has 0 spiro atoms. The van der Waals surface area contributed by atoms with Gasteiger partial charge < -0.3 is 5.32 Å². The maximum absolute atomic E-state index is 11.4. The fourth-order valence-corrected chi connectivity index (χ4v) is 2.47. The van der Waals surface area contributed by atoms with Gasteiger partial charge in [-0.15, -0.1) is 0 Å². The fraction of sp³-hybridized carbons (Fsp3) is 0.889. The van der Waals surface area contributed by atoms with Gasteiger partial charge in [-0.1, -0.05) is 6.42 Å². The number of fused-ring (bicyclic) bond motifs is 1. The van der Waals surface area contributed by atoms with Gasteiger partial charge in [0.15, 0.2) is 0 Å². The van der Waals surface area contributed by atoms with Crippen molar-refractivity contribution in [3.63, 3.8) is 0 Å². The molecule has 0 aromatic rings. The smallest absolute Gasteiger partial charge is 0.147 e. The van der Waals surface area contributed by atoms with Crippen molar-refractivity contribution >= 4 is 5.78 Å². The molecule has 1 aliphatic heterocycles.